The smallest absolute Gasteiger partial charge is 0.326 e. The molecular weight excluding hydrogens is 1440 g/mol. The van der Waals surface area contributed by atoms with Gasteiger partial charge in [0.25, 0.3) is 0 Å². The molecule has 1 fully saturated rings. The fourth-order valence-electron chi connectivity index (χ4n) is 10.6. The van der Waals surface area contributed by atoms with E-state index < -0.39 is 238 Å². The first-order valence-electron chi connectivity index (χ1n) is 35.6. The molecule has 1 saturated heterocycles. The van der Waals surface area contributed by atoms with Crippen molar-refractivity contribution in [3.63, 3.8) is 0 Å². The number of carboxylic acids is 1. The van der Waals surface area contributed by atoms with Gasteiger partial charge in [0.1, 0.15) is 66.5 Å². The van der Waals surface area contributed by atoms with Gasteiger partial charge < -0.3 is 127 Å². The second-order valence-electron chi connectivity index (χ2n) is 26.6. The van der Waals surface area contributed by atoms with Gasteiger partial charge in [0.2, 0.25) is 94.5 Å². The van der Waals surface area contributed by atoms with E-state index in [1.165, 1.54) is 4.90 Å². The molecule has 0 radical (unpaired) electrons. The Morgan fingerprint density at radius 1 is 0.477 bits per heavy atom. The van der Waals surface area contributed by atoms with Crippen LogP contribution in [0.4, 0.5) is 0 Å². The molecule has 0 spiro atoms. The number of aliphatic hydroxyl groups is 4. The monoisotopic (exact) mass is 1550 g/mol. The van der Waals surface area contributed by atoms with E-state index in [4.69, 9.17) is 17.2 Å². The number of rotatable bonds is 49. The van der Waals surface area contributed by atoms with Gasteiger partial charge in [-0.1, -0.05) is 98.6 Å². The van der Waals surface area contributed by atoms with Crippen molar-refractivity contribution >= 4 is 106 Å². The fraction of sp³-hybridized carbons (Fsp3) is 0.642. The molecule has 0 unspecified atom stereocenters. The minimum absolute atomic E-state index is 0.00655. The van der Waals surface area contributed by atoms with Gasteiger partial charge in [-0.3, -0.25) is 81.7 Å². The third-order valence-electron chi connectivity index (χ3n) is 17.2. The topological polar surface area (TPSA) is 665 Å². The lowest BCUT2D eigenvalue weighted by Gasteiger charge is -2.32. The molecule has 13 atom stereocenters. The van der Waals surface area contributed by atoms with Gasteiger partial charge in [-0.05, 0) is 61.3 Å². The zero-order valence-corrected chi connectivity index (χ0v) is 62.5. The van der Waals surface area contributed by atoms with Crippen LogP contribution in [-0.2, 0) is 87.9 Å². The molecule has 1 aromatic rings. The third kappa shape index (κ3) is 34.0. The van der Waals surface area contributed by atoms with Gasteiger partial charge in [0.15, 0.2) is 5.96 Å². The number of hydrogen-bond acceptors (Lipinski definition) is 23. The molecule has 0 saturated carbocycles. The van der Waals surface area contributed by atoms with Crippen molar-refractivity contribution in [3.8, 4) is 0 Å². The molecule has 0 aliphatic carbocycles. The van der Waals surface area contributed by atoms with Crippen molar-refractivity contribution in [1.82, 2.24) is 84.7 Å². The summed E-state index contributed by atoms with van der Waals surface area (Å²) in [4.78, 5) is 229. The van der Waals surface area contributed by atoms with E-state index in [9.17, 15) is 107 Å². The Morgan fingerprint density at radius 3 is 1.34 bits per heavy atom. The molecule has 42 nitrogen and oxygen atoms in total. The number of guanidine groups is 1. The van der Waals surface area contributed by atoms with Crippen LogP contribution in [0, 0.1) is 23.7 Å². The summed E-state index contributed by atoms with van der Waals surface area (Å²) in [7, 11) is 0. The van der Waals surface area contributed by atoms with Crippen molar-refractivity contribution in [2.75, 3.05) is 78.8 Å². The van der Waals surface area contributed by atoms with Gasteiger partial charge in [0, 0.05) is 19.5 Å². The van der Waals surface area contributed by atoms with Crippen LogP contribution in [-0.4, -0.2) is 282 Å². The van der Waals surface area contributed by atoms with Gasteiger partial charge >= 0.3 is 5.97 Å². The normalized spacial score (nSPS) is 15.7. The molecular formula is C67H110N20O22. The van der Waals surface area contributed by atoms with Crippen LogP contribution < -0.4 is 97.0 Å². The summed E-state index contributed by atoms with van der Waals surface area (Å²) in [5.41, 5.74) is 16.5. The highest BCUT2D eigenvalue weighted by molar-refractivity contribution is 6.00. The number of nitrogens with zero attached hydrogens (tertiary/aromatic N) is 2. The summed E-state index contributed by atoms with van der Waals surface area (Å²) in [6.07, 6.45) is 1.16. The van der Waals surface area contributed by atoms with Crippen molar-refractivity contribution in [1.29, 1.82) is 0 Å². The number of likely N-dealkylation sites (tertiary alicyclic amines) is 1. The number of hydrogen-bond donors (Lipinski definition) is 23. The SMILES string of the molecule is CC[C@H](C)[C@H](NC(=O)CNC(=O)[C@H](Cc1ccccc1)NC(=O)CNC(=O)CNC(=O)[C@H](CO)NC(=O)[C@H](CO)NC(=O)[C@@H](NC(=O)[C@@H]1CCCN1C(=O)[C@@H](NC(=O)CN)C(C)C)[C@@H](C)CC)C(=O)N[C@@H](CO)C(=O)NCC(=O)N[C@@H](CC(C)C)C(=O)NCC(=O)N[C@@H](CO)C(=O)N[C@@H](CCCN=C(N)N)C(=O)O. The van der Waals surface area contributed by atoms with E-state index in [1.54, 1.807) is 85.7 Å². The van der Waals surface area contributed by atoms with Crippen LogP contribution in [0.1, 0.15) is 106 Å². The molecule has 1 aromatic carbocycles. The maximum atomic E-state index is 13.8. The number of carbonyl (C=O) groups excluding carboxylic acids is 16. The van der Waals surface area contributed by atoms with E-state index in [0.29, 0.717) is 18.4 Å². The van der Waals surface area contributed by atoms with Gasteiger partial charge in [-0.15, -0.1) is 0 Å². The second kappa shape index (κ2) is 49.3. The molecule has 26 N–H and O–H groups in total. The molecule has 109 heavy (non-hydrogen) atoms. The zero-order valence-electron chi connectivity index (χ0n) is 62.5. The van der Waals surface area contributed by atoms with Crippen molar-refractivity contribution < 1.29 is 107 Å². The Labute approximate surface area is 629 Å². The van der Waals surface area contributed by atoms with Gasteiger partial charge in [-0.25, -0.2) is 4.79 Å². The number of nitrogens with two attached hydrogens (primary N) is 3. The van der Waals surface area contributed by atoms with Crippen molar-refractivity contribution in [2.24, 2.45) is 45.9 Å². The Hall–Kier alpha value is -10.7. The largest absolute Gasteiger partial charge is 0.480 e. The first-order chi connectivity index (χ1) is 51.5. The highest BCUT2D eigenvalue weighted by atomic mass is 16.4. The standard InChI is InChI=1S/C67H110N20O22/c1-9-36(7)54(63(105)82-43(31-89)59(101)76-27-50(95)77-40(22-34(3)4)56(98)74-28-51(96)79-44(32-90)60(102)80-39(66(108)109)18-14-20-71-67(69)70)85-52(97)29-75-57(99)41(23-38-16-12-11-13-17-38)78-49(94)26-72-48(93)25-73-58(100)42(30-88)81-61(103)45(33-91)83-64(106)55(37(8)10-2)86-62(104)46-19-15-21-87(46)65(107)53(35(5)6)84-47(92)24-68/h11-13,16-17,34-37,39-46,53-55,88-91H,9-10,14-15,18-33,68H2,1-8H3,(H,72,93)(H,73,100)(H,74,98)(H,75,99)(H,76,101)(H,77,95)(H,78,94)(H,79,96)(H,80,102)(H,81,103)(H,82,105)(H,83,106)(H,84,92)(H,85,97)(H,86,104)(H,108,109)(H4,69,70,71)/t36-,37-,39-,40-,41-,42-,43-,44-,45-,46-,53-,54-,55-/m0/s1. The quantitative estimate of drug-likeness (QED) is 0.0164. The predicted molar refractivity (Wildman–Crippen MR) is 387 cm³/mol. The van der Waals surface area contributed by atoms with Crippen molar-refractivity contribution in [2.45, 2.75) is 173 Å². The summed E-state index contributed by atoms with van der Waals surface area (Å²) < 4.78 is 0. The first-order valence-corrected chi connectivity index (χ1v) is 35.6. The number of aliphatic carboxylic acids is 1. The minimum Gasteiger partial charge on any atom is -0.480 e. The van der Waals surface area contributed by atoms with Gasteiger partial charge in [0.05, 0.1) is 65.7 Å². The minimum atomic E-state index is -1.77. The maximum Gasteiger partial charge on any atom is 0.326 e. The average Bonchev–Trinajstić information content (AvgIpc) is 1.73. The fourth-order valence-corrected chi connectivity index (χ4v) is 10.6. The van der Waals surface area contributed by atoms with E-state index in [0.717, 1.165) is 0 Å². The summed E-state index contributed by atoms with van der Waals surface area (Å²) in [6.45, 7) is 5.28. The molecule has 0 aromatic heterocycles. The Bertz CT molecular complexity index is 3310. The second-order valence-corrected chi connectivity index (χ2v) is 26.6. The van der Waals surface area contributed by atoms with Crippen LogP contribution in [0.15, 0.2) is 35.3 Å². The Morgan fingerprint density at radius 2 is 0.881 bits per heavy atom. The Kier molecular flexibility index (Phi) is 42.7. The summed E-state index contributed by atoms with van der Waals surface area (Å²) in [5, 5.41) is 84.9. The third-order valence-corrected chi connectivity index (χ3v) is 17.2. The van der Waals surface area contributed by atoms with E-state index >= 15 is 0 Å². The van der Waals surface area contributed by atoms with Crippen LogP contribution in [0.25, 0.3) is 0 Å². The molecule has 1 heterocycles. The summed E-state index contributed by atoms with van der Waals surface area (Å²) in [5.74, 6) is -18.1. The average molecular weight is 1550 g/mol. The Balaban J connectivity index is 2.03. The summed E-state index contributed by atoms with van der Waals surface area (Å²) in [6, 6.07) is -7.49. The molecule has 1 aliphatic rings. The van der Waals surface area contributed by atoms with E-state index in [-0.39, 0.29) is 76.0 Å². The van der Waals surface area contributed by atoms with Gasteiger partial charge in [-0.2, -0.15) is 0 Å². The van der Waals surface area contributed by atoms with Crippen LogP contribution >= 0.6 is 0 Å². The summed E-state index contributed by atoms with van der Waals surface area (Å²) >= 11 is 0. The lowest BCUT2D eigenvalue weighted by Crippen LogP contribution is -2.61. The lowest BCUT2D eigenvalue weighted by atomic mass is 9.97. The lowest BCUT2D eigenvalue weighted by molar-refractivity contribution is -0.143. The molecule has 42 heteroatoms. The predicted octanol–water partition coefficient (Wildman–Crippen LogP) is -10.5. The first kappa shape index (κ1) is 94.4. The number of carbonyl (C=O) groups is 17. The number of benzene rings is 1. The number of nitrogens with one attached hydrogen (secondary N) is 15. The number of amides is 16. The molecule has 1 aliphatic heterocycles. The molecule has 2 rings (SSSR count). The molecule has 16 amide bonds. The van der Waals surface area contributed by atoms with E-state index in [1.807, 2.05) is 0 Å². The molecule has 610 valence electrons. The van der Waals surface area contributed by atoms with E-state index in [2.05, 4.69) is 84.7 Å². The zero-order chi connectivity index (χ0) is 82.2. The van der Waals surface area contributed by atoms with Crippen LogP contribution in [0.3, 0.4) is 0 Å². The van der Waals surface area contributed by atoms with Crippen LogP contribution in [0.5, 0.6) is 0 Å². The highest BCUT2D eigenvalue weighted by Gasteiger charge is 2.42. The number of aliphatic hydroxyl groups excluding tert-OH is 4. The highest BCUT2D eigenvalue weighted by Crippen LogP contribution is 2.22. The van der Waals surface area contributed by atoms with Crippen LogP contribution in [0.2, 0.25) is 0 Å². The maximum absolute atomic E-state index is 13.8. The number of aliphatic imine (C=N–C) groups is 1. The molecule has 0 bridgehead atoms. The number of carboxylic acid groups (broad SMARTS) is 1. The van der Waals surface area contributed by atoms with Crippen molar-refractivity contribution in [3.05, 3.63) is 35.9 Å².